The molecule has 0 aliphatic carbocycles. The van der Waals surface area contributed by atoms with Gasteiger partial charge in [-0.2, -0.15) is 13.2 Å². The molecule has 1 aliphatic rings. The number of methoxy groups -OCH3 is 1. The van der Waals surface area contributed by atoms with Crippen molar-refractivity contribution in [1.29, 1.82) is 0 Å². The third-order valence-electron chi connectivity index (χ3n) is 5.82. The Labute approximate surface area is 258 Å². The van der Waals surface area contributed by atoms with E-state index in [1.165, 1.54) is 24.0 Å². The van der Waals surface area contributed by atoms with Crippen molar-refractivity contribution in [3.8, 4) is 0 Å². The first-order chi connectivity index (χ1) is 20.2. The maximum absolute atomic E-state index is 12.7. The second-order valence-electron chi connectivity index (χ2n) is 10.0. The number of halogens is 3. The Hall–Kier alpha value is -3.66. The van der Waals surface area contributed by atoms with E-state index in [1.807, 2.05) is 64.1 Å². The number of ketones is 1. The van der Waals surface area contributed by atoms with Crippen LogP contribution in [0, 0.1) is 0 Å². The molecule has 10 heteroatoms. The number of hydrogen-bond acceptors (Lipinski definition) is 6. The molecule has 2 aromatic heterocycles. The summed E-state index contributed by atoms with van der Waals surface area (Å²) >= 11 is 1.51. The van der Waals surface area contributed by atoms with Gasteiger partial charge in [-0.1, -0.05) is 52.2 Å². The van der Waals surface area contributed by atoms with Gasteiger partial charge in [-0.25, -0.2) is 0 Å². The molecular formula is C33H44F3N3O3S. The number of aromatic nitrogens is 1. The number of anilines is 1. The smallest absolute Gasteiger partial charge is 0.417 e. The first-order valence-corrected chi connectivity index (χ1v) is 15.1. The number of carbonyl (C=O) groups excluding carboxylic acids is 2. The number of amides is 1. The molecule has 1 N–H and O–H groups in total. The highest BCUT2D eigenvalue weighted by atomic mass is 32.1. The third-order valence-corrected chi connectivity index (χ3v) is 6.99. The first-order valence-electron chi connectivity index (χ1n) is 14.2. The molecule has 236 valence electrons. The van der Waals surface area contributed by atoms with E-state index in [2.05, 4.69) is 24.1 Å². The number of aryl methyl sites for hydroxylation is 1. The Bertz CT molecular complexity index is 1350. The van der Waals surface area contributed by atoms with E-state index in [1.54, 1.807) is 19.4 Å². The van der Waals surface area contributed by atoms with Crippen molar-refractivity contribution in [1.82, 2.24) is 9.88 Å². The average Bonchev–Trinajstić information content (AvgIpc) is 3.35. The number of ether oxygens (including phenoxy) is 1. The number of carbonyl (C=O) groups is 2. The van der Waals surface area contributed by atoms with Gasteiger partial charge in [-0.3, -0.25) is 14.6 Å². The lowest BCUT2D eigenvalue weighted by molar-refractivity contribution is -0.137. The lowest BCUT2D eigenvalue weighted by Gasteiger charge is -2.22. The number of rotatable bonds is 8. The summed E-state index contributed by atoms with van der Waals surface area (Å²) in [5, 5.41) is 4.28. The van der Waals surface area contributed by atoms with Gasteiger partial charge < -0.3 is 15.0 Å². The van der Waals surface area contributed by atoms with Crippen LogP contribution >= 0.6 is 11.3 Å². The van der Waals surface area contributed by atoms with Gasteiger partial charge in [0.1, 0.15) is 5.76 Å². The second kappa shape index (κ2) is 18.1. The van der Waals surface area contributed by atoms with Gasteiger partial charge >= 0.3 is 6.18 Å². The topological polar surface area (TPSA) is 71.5 Å². The summed E-state index contributed by atoms with van der Waals surface area (Å²) in [6.07, 6.45) is 8.73. The van der Waals surface area contributed by atoms with Crippen molar-refractivity contribution >= 4 is 28.7 Å². The summed E-state index contributed by atoms with van der Waals surface area (Å²) < 4.78 is 43.3. The van der Waals surface area contributed by atoms with Crippen LogP contribution in [0.4, 0.5) is 18.9 Å². The number of Topliss-reactive ketones (excluding diaryl/α,β-unsaturated/α-hetero) is 1. The fourth-order valence-corrected chi connectivity index (χ4v) is 4.92. The minimum Gasteiger partial charge on any atom is -0.497 e. The summed E-state index contributed by atoms with van der Waals surface area (Å²) in [5.41, 5.74) is 3.33. The molecular weight excluding hydrogens is 575 g/mol. The maximum atomic E-state index is 12.7. The molecule has 0 spiro atoms. The fraction of sp³-hybridized carbons (Fsp3) is 0.424. The van der Waals surface area contributed by atoms with Crippen LogP contribution in [-0.2, 0) is 28.5 Å². The summed E-state index contributed by atoms with van der Waals surface area (Å²) in [5.74, 6) is 0.402. The van der Waals surface area contributed by atoms with Gasteiger partial charge in [0.25, 0.3) is 5.91 Å². The number of alkyl halides is 3. The fourth-order valence-electron chi connectivity index (χ4n) is 3.89. The predicted octanol–water partition coefficient (Wildman–Crippen LogP) is 9.13. The van der Waals surface area contributed by atoms with E-state index in [9.17, 15) is 22.8 Å². The predicted molar refractivity (Wildman–Crippen MR) is 170 cm³/mol. The monoisotopic (exact) mass is 619 g/mol. The normalized spacial score (nSPS) is 13.5. The van der Waals surface area contributed by atoms with Crippen LogP contribution < -0.4 is 5.32 Å². The van der Waals surface area contributed by atoms with E-state index < -0.39 is 17.6 Å². The lowest BCUT2D eigenvalue weighted by Crippen LogP contribution is -2.17. The van der Waals surface area contributed by atoms with Gasteiger partial charge in [0, 0.05) is 41.4 Å². The van der Waals surface area contributed by atoms with Crippen LogP contribution in [0.15, 0.2) is 70.9 Å². The van der Waals surface area contributed by atoms with Gasteiger partial charge in [0.2, 0.25) is 0 Å². The number of pyridine rings is 1. The van der Waals surface area contributed by atoms with E-state index >= 15 is 0 Å². The highest BCUT2D eigenvalue weighted by Crippen LogP contribution is 2.31. The molecule has 0 bridgehead atoms. The molecule has 3 rings (SSSR count). The number of likely N-dealkylation sites (N-methyl/N-ethyl adjacent to an activating group) is 1. The van der Waals surface area contributed by atoms with Crippen LogP contribution in [0.2, 0.25) is 0 Å². The summed E-state index contributed by atoms with van der Waals surface area (Å²) in [7, 11) is 3.53. The number of hydrogen-bond donors (Lipinski definition) is 1. The number of nitrogens with zero attached hydrogens (tertiary/aromatic N) is 2. The number of allylic oxidation sites excluding steroid dienone is 5. The zero-order valence-electron chi connectivity index (χ0n) is 26.6. The van der Waals surface area contributed by atoms with Crippen molar-refractivity contribution in [3.63, 3.8) is 0 Å². The van der Waals surface area contributed by atoms with Gasteiger partial charge in [0.15, 0.2) is 5.78 Å². The summed E-state index contributed by atoms with van der Waals surface area (Å²) in [6, 6.07) is 0.886. The van der Waals surface area contributed by atoms with Crippen molar-refractivity contribution < 1.29 is 27.5 Å². The van der Waals surface area contributed by atoms with Crippen molar-refractivity contribution in [2.75, 3.05) is 19.5 Å². The molecule has 0 fully saturated rings. The van der Waals surface area contributed by atoms with Gasteiger partial charge in [0.05, 0.1) is 35.8 Å². The molecule has 0 aromatic carbocycles. The molecule has 3 heterocycles. The van der Waals surface area contributed by atoms with E-state index in [0.29, 0.717) is 11.1 Å². The van der Waals surface area contributed by atoms with Crippen molar-refractivity contribution in [2.24, 2.45) is 0 Å². The average molecular weight is 620 g/mol. The minimum atomic E-state index is -4.49. The van der Waals surface area contributed by atoms with Crippen molar-refractivity contribution in [2.45, 2.75) is 80.3 Å². The molecule has 6 nitrogen and oxygen atoms in total. The first kappa shape index (κ1) is 37.4. The highest BCUT2D eigenvalue weighted by Gasteiger charge is 2.31. The van der Waals surface area contributed by atoms with Crippen LogP contribution in [0.3, 0.4) is 0 Å². The van der Waals surface area contributed by atoms with Crippen LogP contribution in [0.1, 0.15) is 87.7 Å². The Morgan fingerprint density at radius 3 is 2.28 bits per heavy atom. The summed E-state index contributed by atoms with van der Waals surface area (Å²) in [4.78, 5) is 30.7. The molecule has 0 atom stereocenters. The lowest BCUT2D eigenvalue weighted by atomic mass is 10.0. The molecule has 0 unspecified atom stereocenters. The highest BCUT2D eigenvalue weighted by molar-refractivity contribution is 7.10. The molecule has 0 radical (unpaired) electrons. The molecule has 0 saturated carbocycles. The number of nitrogens with one attached hydrogen (secondary N) is 1. The Morgan fingerprint density at radius 1 is 1.12 bits per heavy atom. The maximum Gasteiger partial charge on any atom is 0.417 e. The van der Waals surface area contributed by atoms with Crippen LogP contribution in [0.25, 0.3) is 0 Å². The second-order valence-corrected chi connectivity index (χ2v) is 11.0. The Balaban J connectivity index is 0.000000409. The summed E-state index contributed by atoms with van der Waals surface area (Å²) in [6.45, 7) is 13.8. The SMILES string of the molecule is CCC.CCCc1c(C(=O)Nc2cncc(C(F)(F)F)c2)csc1CC.COC1=C/C(=C(/C=C(C)C)C(C)=O)N(C)C=C1. The Morgan fingerprint density at radius 2 is 1.77 bits per heavy atom. The minimum absolute atomic E-state index is 0.0384. The molecule has 2 aromatic rings. The molecule has 1 amide bonds. The number of thiophene rings is 1. The van der Waals surface area contributed by atoms with Crippen LogP contribution in [0.5, 0.6) is 0 Å². The molecule has 43 heavy (non-hydrogen) atoms. The standard InChI is InChI=1S/C16H17F3N2OS.C14H19NO2.C3H8/c1-3-5-12-13(9-23-14(12)4-2)15(22)21-11-6-10(7-20-8-11)16(17,18)19;1-10(2)8-13(11(3)16)14-9-12(17-5)6-7-15(14)4;1-3-2/h6-9H,3-5H2,1-2H3,(H,21,22);6-9H,1-5H3;3H2,1-2H3/b;14-13+;. The largest absolute Gasteiger partial charge is 0.497 e. The van der Waals surface area contributed by atoms with Gasteiger partial charge in [-0.15, -0.1) is 11.3 Å². The van der Waals surface area contributed by atoms with Crippen molar-refractivity contribution in [3.05, 3.63) is 92.4 Å². The zero-order valence-corrected chi connectivity index (χ0v) is 27.4. The molecule has 0 saturated heterocycles. The van der Waals surface area contributed by atoms with Crippen LogP contribution in [-0.4, -0.2) is 35.7 Å². The quantitative estimate of drug-likeness (QED) is 0.299. The van der Waals surface area contributed by atoms with E-state index in [4.69, 9.17) is 4.74 Å². The van der Waals surface area contributed by atoms with E-state index in [-0.39, 0.29) is 11.5 Å². The van der Waals surface area contributed by atoms with Gasteiger partial charge in [-0.05, 0) is 51.3 Å². The Kier molecular flexibility index (Phi) is 15.7. The zero-order chi connectivity index (χ0) is 32.7. The van der Waals surface area contributed by atoms with E-state index in [0.717, 1.165) is 59.0 Å². The molecule has 1 aliphatic heterocycles. The third kappa shape index (κ3) is 11.9.